The second-order valence-electron chi connectivity index (χ2n) is 4.55. The highest BCUT2D eigenvalue weighted by Crippen LogP contribution is 2.20. The molecule has 2 rings (SSSR count). The molecule has 0 N–H and O–H groups in total. The number of ketones is 1. The molecule has 1 heterocycles. The molecule has 20 heavy (non-hydrogen) atoms. The number of hydrogen-bond acceptors (Lipinski definition) is 3. The third-order valence-electron chi connectivity index (χ3n) is 2.88. The summed E-state index contributed by atoms with van der Waals surface area (Å²) in [4.78, 5) is 16.6. The maximum absolute atomic E-state index is 12.5. The van der Waals surface area contributed by atoms with E-state index in [-0.39, 0.29) is 5.78 Å². The van der Waals surface area contributed by atoms with Crippen molar-refractivity contribution in [3.05, 3.63) is 57.8 Å². The zero-order valence-corrected chi connectivity index (χ0v) is 13.1. The first-order valence-electron chi connectivity index (χ1n) is 6.50. The number of aryl methyl sites for hydroxylation is 1. The predicted molar refractivity (Wildman–Crippen MR) is 82.3 cm³/mol. The minimum absolute atomic E-state index is 0.0375. The van der Waals surface area contributed by atoms with Gasteiger partial charge in [-0.25, -0.2) is 0 Å². The summed E-state index contributed by atoms with van der Waals surface area (Å²) in [6.45, 7) is 4.58. The number of carbonyl (C=O) groups is 1. The Kier molecular flexibility index (Phi) is 4.90. The molecule has 0 saturated heterocycles. The van der Waals surface area contributed by atoms with E-state index in [9.17, 15) is 4.79 Å². The smallest absolute Gasteiger partial charge is 0.194 e. The molecule has 0 fully saturated rings. The van der Waals surface area contributed by atoms with Crippen molar-refractivity contribution in [2.75, 3.05) is 6.61 Å². The largest absolute Gasteiger partial charge is 0.492 e. The van der Waals surface area contributed by atoms with E-state index < -0.39 is 0 Å². The SMILES string of the molecule is CCCOc1cncc(C(=O)c2ccc(Br)cc2C)c1. The van der Waals surface area contributed by atoms with E-state index in [1.165, 1.54) is 0 Å². The molecule has 1 aromatic heterocycles. The predicted octanol–water partition coefficient (Wildman–Crippen LogP) is 4.17. The van der Waals surface area contributed by atoms with E-state index in [1.807, 2.05) is 32.0 Å². The van der Waals surface area contributed by atoms with Crippen LogP contribution in [-0.4, -0.2) is 17.4 Å². The fourth-order valence-electron chi connectivity index (χ4n) is 1.88. The number of carbonyl (C=O) groups excluding carboxylic acids is 1. The number of hydrogen-bond donors (Lipinski definition) is 0. The summed E-state index contributed by atoms with van der Waals surface area (Å²) in [7, 11) is 0. The van der Waals surface area contributed by atoms with Crippen LogP contribution in [-0.2, 0) is 0 Å². The first-order chi connectivity index (χ1) is 9.61. The number of nitrogens with zero attached hydrogens (tertiary/aromatic N) is 1. The highest BCUT2D eigenvalue weighted by Gasteiger charge is 2.13. The van der Waals surface area contributed by atoms with Crippen molar-refractivity contribution in [3.63, 3.8) is 0 Å². The van der Waals surface area contributed by atoms with Crippen LogP contribution < -0.4 is 4.74 Å². The number of ether oxygens (including phenoxy) is 1. The van der Waals surface area contributed by atoms with Crippen LogP contribution in [0.1, 0.15) is 34.8 Å². The van der Waals surface area contributed by atoms with Gasteiger partial charge in [-0.3, -0.25) is 9.78 Å². The number of benzene rings is 1. The van der Waals surface area contributed by atoms with E-state index in [2.05, 4.69) is 20.9 Å². The number of pyridine rings is 1. The second kappa shape index (κ2) is 6.66. The zero-order chi connectivity index (χ0) is 14.5. The quantitative estimate of drug-likeness (QED) is 0.771. The first-order valence-corrected chi connectivity index (χ1v) is 7.30. The maximum atomic E-state index is 12.5. The molecule has 0 radical (unpaired) electrons. The van der Waals surface area contributed by atoms with Gasteiger partial charge in [0.15, 0.2) is 5.78 Å². The standard InChI is InChI=1S/C16H16BrNO2/c1-3-6-20-14-8-12(9-18-10-14)16(19)15-5-4-13(17)7-11(15)2/h4-5,7-10H,3,6H2,1-2H3. The van der Waals surface area contributed by atoms with E-state index in [1.54, 1.807) is 18.5 Å². The van der Waals surface area contributed by atoms with Gasteiger partial charge in [-0.05, 0) is 43.2 Å². The lowest BCUT2D eigenvalue weighted by molar-refractivity contribution is 0.103. The molecule has 0 amide bonds. The molecule has 1 aromatic carbocycles. The Morgan fingerprint density at radius 1 is 1.30 bits per heavy atom. The Hall–Kier alpha value is -1.68. The molecule has 0 aliphatic heterocycles. The van der Waals surface area contributed by atoms with Crippen molar-refractivity contribution in [1.29, 1.82) is 0 Å². The van der Waals surface area contributed by atoms with Crippen molar-refractivity contribution in [2.45, 2.75) is 20.3 Å². The molecule has 104 valence electrons. The fraction of sp³-hybridized carbons (Fsp3) is 0.250. The van der Waals surface area contributed by atoms with Crippen LogP contribution in [0, 0.1) is 6.92 Å². The summed E-state index contributed by atoms with van der Waals surface area (Å²) < 4.78 is 6.47. The average Bonchev–Trinajstić information content (AvgIpc) is 2.45. The zero-order valence-electron chi connectivity index (χ0n) is 11.5. The Morgan fingerprint density at radius 2 is 2.10 bits per heavy atom. The molecule has 0 atom stereocenters. The van der Waals surface area contributed by atoms with Gasteiger partial charge in [0.05, 0.1) is 12.8 Å². The van der Waals surface area contributed by atoms with Gasteiger partial charge in [-0.15, -0.1) is 0 Å². The molecule has 0 unspecified atom stereocenters. The lowest BCUT2D eigenvalue weighted by Crippen LogP contribution is -2.05. The van der Waals surface area contributed by atoms with Crippen molar-refractivity contribution >= 4 is 21.7 Å². The van der Waals surface area contributed by atoms with E-state index >= 15 is 0 Å². The van der Waals surface area contributed by atoms with Gasteiger partial charge >= 0.3 is 0 Å². The molecule has 3 nitrogen and oxygen atoms in total. The van der Waals surface area contributed by atoms with Crippen LogP contribution in [0.3, 0.4) is 0 Å². The van der Waals surface area contributed by atoms with Gasteiger partial charge in [-0.2, -0.15) is 0 Å². The van der Waals surface area contributed by atoms with Crippen LogP contribution in [0.5, 0.6) is 5.75 Å². The number of halogens is 1. The van der Waals surface area contributed by atoms with Crippen LogP contribution in [0.25, 0.3) is 0 Å². The molecule has 4 heteroatoms. The summed E-state index contributed by atoms with van der Waals surface area (Å²) in [5.41, 5.74) is 2.16. The van der Waals surface area contributed by atoms with Gasteiger partial charge in [0.25, 0.3) is 0 Å². The fourth-order valence-corrected chi connectivity index (χ4v) is 2.35. The summed E-state index contributed by atoms with van der Waals surface area (Å²) >= 11 is 3.40. The molecule has 0 bridgehead atoms. The van der Waals surface area contributed by atoms with Crippen molar-refractivity contribution in [2.24, 2.45) is 0 Å². The van der Waals surface area contributed by atoms with Gasteiger partial charge in [0, 0.05) is 21.8 Å². The molecule has 0 saturated carbocycles. The average molecular weight is 334 g/mol. The summed E-state index contributed by atoms with van der Waals surface area (Å²) in [5.74, 6) is 0.594. The lowest BCUT2D eigenvalue weighted by atomic mass is 10.0. The maximum Gasteiger partial charge on any atom is 0.194 e. The van der Waals surface area contributed by atoms with Gasteiger partial charge < -0.3 is 4.74 Å². The van der Waals surface area contributed by atoms with Gasteiger partial charge in [0.2, 0.25) is 0 Å². The lowest BCUT2D eigenvalue weighted by Gasteiger charge is -2.08. The monoisotopic (exact) mass is 333 g/mol. The first kappa shape index (κ1) is 14.7. The van der Waals surface area contributed by atoms with Crippen LogP contribution in [0.15, 0.2) is 41.1 Å². The number of rotatable bonds is 5. The van der Waals surface area contributed by atoms with Crippen molar-refractivity contribution in [3.8, 4) is 5.75 Å². The Bertz CT molecular complexity index is 626. The third kappa shape index (κ3) is 3.45. The topological polar surface area (TPSA) is 39.2 Å². The van der Waals surface area contributed by atoms with Crippen LogP contribution in [0.2, 0.25) is 0 Å². The van der Waals surface area contributed by atoms with Crippen molar-refractivity contribution in [1.82, 2.24) is 4.98 Å². The molecule has 0 spiro atoms. The van der Waals surface area contributed by atoms with Gasteiger partial charge in [0.1, 0.15) is 5.75 Å². The molecular formula is C16H16BrNO2. The highest BCUT2D eigenvalue weighted by molar-refractivity contribution is 9.10. The second-order valence-corrected chi connectivity index (χ2v) is 5.46. The summed E-state index contributed by atoms with van der Waals surface area (Å²) in [5, 5.41) is 0. The van der Waals surface area contributed by atoms with E-state index in [0.717, 1.165) is 16.5 Å². The minimum Gasteiger partial charge on any atom is -0.492 e. The van der Waals surface area contributed by atoms with E-state index in [0.29, 0.717) is 23.5 Å². The molecule has 2 aromatic rings. The Balaban J connectivity index is 2.28. The third-order valence-corrected chi connectivity index (χ3v) is 3.37. The van der Waals surface area contributed by atoms with Gasteiger partial charge in [-0.1, -0.05) is 22.9 Å². The Labute approximate surface area is 127 Å². The number of aromatic nitrogens is 1. The normalized spacial score (nSPS) is 10.3. The summed E-state index contributed by atoms with van der Waals surface area (Å²) in [6.07, 6.45) is 4.12. The molecule has 0 aliphatic carbocycles. The Morgan fingerprint density at radius 3 is 2.80 bits per heavy atom. The van der Waals surface area contributed by atoms with Crippen molar-refractivity contribution < 1.29 is 9.53 Å². The van der Waals surface area contributed by atoms with Crippen LogP contribution in [0.4, 0.5) is 0 Å². The molecule has 0 aliphatic rings. The summed E-state index contributed by atoms with van der Waals surface area (Å²) in [6, 6.07) is 7.36. The highest BCUT2D eigenvalue weighted by atomic mass is 79.9. The van der Waals surface area contributed by atoms with E-state index in [4.69, 9.17) is 4.74 Å². The van der Waals surface area contributed by atoms with Crippen LogP contribution >= 0.6 is 15.9 Å². The molecular weight excluding hydrogens is 318 g/mol. The minimum atomic E-state index is -0.0375.